The van der Waals surface area contributed by atoms with Crippen molar-refractivity contribution in [2.24, 2.45) is 0 Å². The summed E-state index contributed by atoms with van der Waals surface area (Å²) >= 11 is 5.91. The molecule has 1 N–H and O–H groups in total. The average molecular weight is 211 g/mol. The number of carboxylic acids is 1. The van der Waals surface area contributed by atoms with Crippen molar-refractivity contribution in [3.05, 3.63) is 29.4 Å². The van der Waals surface area contributed by atoms with Crippen LogP contribution < -0.4 is 0 Å². The molecule has 0 fully saturated rings. The second-order valence-electron chi connectivity index (χ2n) is 2.89. The predicted molar refractivity (Wildman–Crippen MR) is 52.4 cm³/mol. The lowest BCUT2D eigenvalue weighted by atomic mass is 10.3. The van der Waals surface area contributed by atoms with E-state index in [1.807, 2.05) is 0 Å². The van der Waals surface area contributed by atoms with Crippen LogP contribution in [0.2, 0.25) is 5.02 Å². The molecule has 1 aromatic carbocycles. The third-order valence-corrected chi connectivity index (χ3v) is 2.17. The molecule has 0 amide bonds. The predicted octanol–water partition coefficient (Wildman–Crippen LogP) is 1.77. The lowest BCUT2D eigenvalue weighted by Crippen LogP contribution is -2.08. The molecule has 0 bridgehead atoms. The number of benzene rings is 1. The number of hydrogen-bond acceptors (Lipinski definition) is 2. The first-order valence-corrected chi connectivity index (χ1v) is 4.38. The van der Waals surface area contributed by atoms with E-state index in [2.05, 4.69) is 5.10 Å². The molecule has 0 spiro atoms. The largest absolute Gasteiger partial charge is 0.480 e. The smallest absolute Gasteiger partial charge is 0.325 e. The number of aliphatic carboxylic acids is 1. The van der Waals surface area contributed by atoms with Crippen LogP contribution in [0.5, 0.6) is 0 Å². The summed E-state index contributed by atoms with van der Waals surface area (Å²) in [5.41, 5.74) is 0.707. The van der Waals surface area contributed by atoms with Crippen molar-refractivity contribution < 1.29 is 9.90 Å². The molecule has 0 saturated heterocycles. The van der Waals surface area contributed by atoms with Crippen LogP contribution >= 0.6 is 11.6 Å². The van der Waals surface area contributed by atoms with E-state index in [4.69, 9.17) is 16.7 Å². The van der Waals surface area contributed by atoms with Crippen molar-refractivity contribution in [2.45, 2.75) is 6.54 Å². The molecule has 72 valence electrons. The highest BCUT2D eigenvalue weighted by Crippen LogP contribution is 2.21. The molecule has 0 saturated carbocycles. The van der Waals surface area contributed by atoms with Crippen LogP contribution in [0.1, 0.15) is 0 Å². The van der Waals surface area contributed by atoms with Crippen LogP contribution in [0, 0.1) is 0 Å². The number of rotatable bonds is 2. The summed E-state index contributed by atoms with van der Waals surface area (Å²) in [4.78, 5) is 10.4. The van der Waals surface area contributed by atoms with Crippen LogP contribution in [0.25, 0.3) is 10.9 Å². The van der Waals surface area contributed by atoms with E-state index in [9.17, 15) is 4.79 Å². The van der Waals surface area contributed by atoms with Gasteiger partial charge in [-0.3, -0.25) is 9.48 Å². The number of aromatic nitrogens is 2. The van der Waals surface area contributed by atoms with Crippen molar-refractivity contribution in [3.8, 4) is 0 Å². The maximum atomic E-state index is 10.4. The third-order valence-electron chi connectivity index (χ3n) is 1.84. The number of fused-ring (bicyclic) bond motifs is 1. The summed E-state index contributed by atoms with van der Waals surface area (Å²) in [6.45, 7) is -0.148. The monoisotopic (exact) mass is 210 g/mol. The highest BCUT2D eigenvalue weighted by atomic mass is 35.5. The van der Waals surface area contributed by atoms with Crippen molar-refractivity contribution >= 4 is 28.5 Å². The van der Waals surface area contributed by atoms with E-state index in [0.29, 0.717) is 10.5 Å². The van der Waals surface area contributed by atoms with Gasteiger partial charge in [0, 0.05) is 11.6 Å². The molecule has 4 nitrogen and oxygen atoms in total. The van der Waals surface area contributed by atoms with Gasteiger partial charge in [0.1, 0.15) is 6.54 Å². The molecule has 5 heteroatoms. The Morgan fingerprint density at radius 3 is 3.00 bits per heavy atom. The molecule has 0 unspecified atom stereocenters. The van der Waals surface area contributed by atoms with Crippen LogP contribution in [0.4, 0.5) is 0 Å². The van der Waals surface area contributed by atoms with Gasteiger partial charge in [0.15, 0.2) is 0 Å². The summed E-state index contributed by atoms with van der Waals surface area (Å²) in [6.07, 6.45) is 1.63. The molecule has 0 aliphatic heterocycles. The van der Waals surface area contributed by atoms with Gasteiger partial charge in [0.25, 0.3) is 0 Å². The van der Waals surface area contributed by atoms with Crippen molar-refractivity contribution in [1.29, 1.82) is 0 Å². The SMILES string of the molecule is O=C(O)Cn1cc2c(Cl)cccc2n1. The fourth-order valence-corrected chi connectivity index (χ4v) is 1.49. The Morgan fingerprint density at radius 2 is 2.36 bits per heavy atom. The zero-order chi connectivity index (χ0) is 10.1. The molecule has 0 atom stereocenters. The van der Waals surface area contributed by atoms with Gasteiger partial charge in [-0.2, -0.15) is 5.10 Å². The Kier molecular flexibility index (Phi) is 2.13. The van der Waals surface area contributed by atoms with E-state index in [1.165, 1.54) is 4.68 Å². The first kappa shape index (κ1) is 9.02. The highest BCUT2D eigenvalue weighted by molar-refractivity contribution is 6.35. The van der Waals surface area contributed by atoms with Gasteiger partial charge in [-0.15, -0.1) is 0 Å². The number of hydrogen-bond donors (Lipinski definition) is 1. The van der Waals surface area contributed by atoms with E-state index in [1.54, 1.807) is 24.4 Å². The van der Waals surface area contributed by atoms with Crippen molar-refractivity contribution in [2.75, 3.05) is 0 Å². The molecule has 0 radical (unpaired) electrons. The molecule has 1 heterocycles. The van der Waals surface area contributed by atoms with E-state index >= 15 is 0 Å². The topological polar surface area (TPSA) is 55.1 Å². The third kappa shape index (κ3) is 1.56. The second-order valence-corrected chi connectivity index (χ2v) is 3.30. The molecular weight excluding hydrogens is 204 g/mol. The number of carboxylic acid groups (broad SMARTS) is 1. The Labute approximate surface area is 84.7 Å². The first-order chi connectivity index (χ1) is 6.66. The summed E-state index contributed by atoms with van der Waals surface area (Å²) in [5.74, 6) is -0.922. The second kappa shape index (κ2) is 3.31. The van der Waals surface area contributed by atoms with E-state index < -0.39 is 5.97 Å². The minimum atomic E-state index is -0.922. The highest BCUT2D eigenvalue weighted by Gasteiger charge is 2.05. The minimum absolute atomic E-state index is 0.148. The van der Waals surface area contributed by atoms with Gasteiger partial charge in [0.05, 0.1) is 10.5 Å². The number of nitrogens with zero attached hydrogens (tertiary/aromatic N) is 2. The molecule has 0 aliphatic rings. The summed E-state index contributed by atoms with van der Waals surface area (Å²) in [6, 6.07) is 5.32. The lowest BCUT2D eigenvalue weighted by Gasteiger charge is -1.92. The van der Waals surface area contributed by atoms with Gasteiger partial charge in [0.2, 0.25) is 0 Å². The van der Waals surface area contributed by atoms with Gasteiger partial charge < -0.3 is 5.11 Å². The van der Waals surface area contributed by atoms with Crippen LogP contribution in [0.15, 0.2) is 24.4 Å². The van der Waals surface area contributed by atoms with Gasteiger partial charge in [-0.1, -0.05) is 17.7 Å². The Morgan fingerprint density at radius 1 is 1.57 bits per heavy atom. The van der Waals surface area contributed by atoms with Crippen LogP contribution in [0.3, 0.4) is 0 Å². The Hall–Kier alpha value is -1.55. The van der Waals surface area contributed by atoms with E-state index in [-0.39, 0.29) is 6.54 Å². The number of carbonyl (C=O) groups is 1. The molecule has 0 aliphatic carbocycles. The fourth-order valence-electron chi connectivity index (χ4n) is 1.28. The zero-order valence-electron chi connectivity index (χ0n) is 7.14. The summed E-state index contributed by atoms with van der Waals surface area (Å²) in [7, 11) is 0. The van der Waals surface area contributed by atoms with Crippen molar-refractivity contribution in [3.63, 3.8) is 0 Å². The summed E-state index contributed by atoms with van der Waals surface area (Å²) in [5, 5.41) is 14.0. The zero-order valence-corrected chi connectivity index (χ0v) is 7.90. The molecule has 14 heavy (non-hydrogen) atoms. The molecular formula is C9H7ClN2O2. The average Bonchev–Trinajstić information content (AvgIpc) is 2.47. The lowest BCUT2D eigenvalue weighted by molar-refractivity contribution is -0.137. The maximum absolute atomic E-state index is 10.4. The molecule has 2 aromatic rings. The van der Waals surface area contributed by atoms with Crippen LogP contribution in [-0.2, 0) is 11.3 Å². The molecule has 2 rings (SSSR count). The standard InChI is InChI=1S/C9H7ClN2O2/c10-7-2-1-3-8-6(7)4-12(11-8)5-9(13)14/h1-4H,5H2,(H,13,14). The first-order valence-electron chi connectivity index (χ1n) is 4.00. The van der Waals surface area contributed by atoms with Gasteiger partial charge in [-0.05, 0) is 12.1 Å². The normalized spacial score (nSPS) is 10.6. The fraction of sp³-hybridized carbons (Fsp3) is 0.111. The van der Waals surface area contributed by atoms with Gasteiger partial charge in [-0.25, -0.2) is 0 Å². The van der Waals surface area contributed by atoms with Crippen molar-refractivity contribution in [1.82, 2.24) is 9.78 Å². The number of halogens is 1. The maximum Gasteiger partial charge on any atom is 0.325 e. The summed E-state index contributed by atoms with van der Waals surface area (Å²) < 4.78 is 1.36. The van der Waals surface area contributed by atoms with E-state index in [0.717, 1.165) is 5.39 Å². The Bertz CT molecular complexity index is 493. The molecule has 1 aromatic heterocycles. The van der Waals surface area contributed by atoms with Gasteiger partial charge >= 0.3 is 5.97 Å². The van der Waals surface area contributed by atoms with Crippen LogP contribution in [-0.4, -0.2) is 20.9 Å². The quantitative estimate of drug-likeness (QED) is 0.822. The minimum Gasteiger partial charge on any atom is -0.480 e. The Balaban J connectivity index is 2.51.